The van der Waals surface area contributed by atoms with Gasteiger partial charge in [-0.15, -0.1) is 0 Å². The van der Waals surface area contributed by atoms with Gasteiger partial charge in [-0.05, 0) is 23.8 Å². The molecule has 2 N–H and O–H groups in total. The maximum absolute atomic E-state index is 14.0. The first-order chi connectivity index (χ1) is 9.70. The van der Waals surface area contributed by atoms with Crippen LogP contribution < -0.4 is 5.73 Å². The smallest absolute Gasteiger partial charge is 0.146 e. The summed E-state index contributed by atoms with van der Waals surface area (Å²) in [7, 11) is 0. The first-order valence-corrected chi connectivity index (χ1v) is 6.64. The SMILES string of the molecule is NCc1cn(Cc2cccc(Cl)c2F)c2ncccc12. The van der Waals surface area contributed by atoms with Crippen LogP contribution in [0.25, 0.3) is 11.0 Å². The summed E-state index contributed by atoms with van der Waals surface area (Å²) >= 11 is 5.81. The molecule has 3 rings (SSSR count). The van der Waals surface area contributed by atoms with Crippen molar-refractivity contribution < 1.29 is 4.39 Å². The Morgan fingerprint density at radius 1 is 1.20 bits per heavy atom. The van der Waals surface area contributed by atoms with Crippen molar-refractivity contribution in [2.75, 3.05) is 0 Å². The summed E-state index contributed by atoms with van der Waals surface area (Å²) in [6.07, 6.45) is 3.63. The molecule has 0 bridgehead atoms. The number of hydrogen-bond acceptors (Lipinski definition) is 2. The van der Waals surface area contributed by atoms with Crippen molar-refractivity contribution in [3.05, 3.63) is 64.7 Å². The second kappa shape index (κ2) is 5.23. The molecule has 2 heterocycles. The summed E-state index contributed by atoms with van der Waals surface area (Å²) < 4.78 is 15.9. The van der Waals surface area contributed by atoms with E-state index < -0.39 is 0 Å². The van der Waals surface area contributed by atoms with Crippen LogP contribution in [0.4, 0.5) is 4.39 Å². The van der Waals surface area contributed by atoms with Crippen molar-refractivity contribution in [3.8, 4) is 0 Å². The minimum atomic E-state index is -0.388. The Morgan fingerprint density at radius 2 is 2.05 bits per heavy atom. The van der Waals surface area contributed by atoms with Gasteiger partial charge in [0.25, 0.3) is 0 Å². The fraction of sp³-hybridized carbons (Fsp3) is 0.133. The van der Waals surface area contributed by atoms with Crippen LogP contribution in [0.2, 0.25) is 5.02 Å². The lowest BCUT2D eigenvalue weighted by Gasteiger charge is -2.07. The average molecular weight is 290 g/mol. The Balaban J connectivity index is 2.09. The molecule has 0 aliphatic heterocycles. The monoisotopic (exact) mass is 289 g/mol. The number of hydrogen-bond donors (Lipinski definition) is 1. The number of halogens is 2. The van der Waals surface area contributed by atoms with Gasteiger partial charge in [0.15, 0.2) is 0 Å². The Labute approximate surface area is 120 Å². The molecule has 0 fully saturated rings. The molecule has 5 heteroatoms. The number of nitrogens with zero attached hydrogens (tertiary/aromatic N) is 2. The van der Waals surface area contributed by atoms with Crippen LogP contribution in [0.1, 0.15) is 11.1 Å². The third kappa shape index (κ3) is 2.17. The van der Waals surface area contributed by atoms with E-state index in [4.69, 9.17) is 17.3 Å². The van der Waals surface area contributed by atoms with Gasteiger partial charge in [-0.3, -0.25) is 0 Å². The minimum absolute atomic E-state index is 0.131. The van der Waals surface area contributed by atoms with Gasteiger partial charge in [-0.1, -0.05) is 23.7 Å². The summed E-state index contributed by atoms with van der Waals surface area (Å²) in [5.74, 6) is -0.388. The second-order valence-corrected chi connectivity index (χ2v) is 4.98. The number of benzene rings is 1. The minimum Gasteiger partial charge on any atom is -0.328 e. The van der Waals surface area contributed by atoms with Crippen molar-refractivity contribution in [1.82, 2.24) is 9.55 Å². The highest BCUT2D eigenvalue weighted by atomic mass is 35.5. The fourth-order valence-electron chi connectivity index (χ4n) is 2.33. The van der Waals surface area contributed by atoms with E-state index in [-0.39, 0.29) is 10.8 Å². The Morgan fingerprint density at radius 3 is 2.85 bits per heavy atom. The van der Waals surface area contributed by atoms with Crippen LogP contribution >= 0.6 is 11.6 Å². The Bertz CT molecular complexity index is 767. The van der Waals surface area contributed by atoms with E-state index in [1.54, 1.807) is 18.3 Å². The van der Waals surface area contributed by atoms with Crippen molar-refractivity contribution in [2.24, 2.45) is 5.73 Å². The molecule has 3 aromatic rings. The highest BCUT2D eigenvalue weighted by molar-refractivity contribution is 6.30. The number of nitrogens with two attached hydrogens (primary N) is 1. The van der Waals surface area contributed by atoms with Gasteiger partial charge in [0.1, 0.15) is 11.5 Å². The van der Waals surface area contributed by atoms with Gasteiger partial charge in [0, 0.05) is 29.9 Å². The molecule has 0 aliphatic carbocycles. The zero-order chi connectivity index (χ0) is 14.1. The van der Waals surface area contributed by atoms with Crippen LogP contribution in [0.15, 0.2) is 42.7 Å². The molecule has 0 spiro atoms. The zero-order valence-electron chi connectivity index (χ0n) is 10.7. The predicted molar refractivity (Wildman–Crippen MR) is 78.1 cm³/mol. The van der Waals surface area contributed by atoms with Gasteiger partial charge in [-0.25, -0.2) is 9.37 Å². The molecule has 1 aromatic carbocycles. The molecule has 0 atom stereocenters. The summed E-state index contributed by atoms with van der Waals surface area (Å²) in [5, 5.41) is 1.13. The van der Waals surface area contributed by atoms with E-state index in [1.807, 2.05) is 22.9 Å². The lowest BCUT2D eigenvalue weighted by molar-refractivity contribution is 0.602. The molecular formula is C15H13ClFN3. The number of fused-ring (bicyclic) bond motifs is 1. The molecule has 20 heavy (non-hydrogen) atoms. The Hall–Kier alpha value is -1.91. The van der Waals surface area contributed by atoms with Crippen LogP contribution in [0, 0.1) is 5.82 Å². The van der Waals surface area contributed by atoms with E-state index in [9.17, 15) is 4.39 Å². The molecule has 2 aromatic heterocycles. The quantitative estimate of drug-likeness (QED) is 0.804. The van der Waals surface area contributed by atoms with Crippen LogP contribution in [-0.2, 0) is 13.1 Å². The van der Waals surface area contributed by atoms with E-state index in [0.717, 1.165) is 16.6 Å². The lowest BCUT2D eigenvalue weighted by atomic mass is 10.2. The molecule has 0 saturated heterocycles. The van der Waals surface area contributed by atoms with Crippen LogP contribution in [0.3, 0.4) is 0 Å². The van der Waals surface area contributed by atoms with Gasteiger partial charge in [0.2, 0.25) is 0 Å². The largest absolute Gasteiger partial charge is 0.328 e. The fourth-order valence-corrected chi connectivity index (χ4v) is 2.53. The molecule has 102 valence electrons. The lowest BCUT2D eigenvalue weighted by Crippen LogP contribution is -2.02. The average Bonchev–Trinajstić information content (AvgIpc) is 2.82. The van der Waals surface area contributed by atoms with E-state index in [0.29, 0.717) is 18.7 Å². The number of rotatable bonds is 3. The van der Waals surface area contributed by atoms with Gasteiger partial charge in [0.05, 0.1) is 11.6 Å². The standard InChI is InChI=1S/C15H13ClFN3/c16-13-5-1-3-10(14(13)17)8-20-9-11(7-18)12-4-2-6-19-15(12)20/h1-6,9H,7-8,18H2. The molecule has 3 nitrogen and oxygen atoms in total. The van der Waals surface area contributed by atoms with Crippen molar-refractivity contribution in [2.45, 2.75) is 13.1 Å². The maximum atomic E-state index is 14.0. The summed E-state index contributed by atoms with van der Waals surface area (Å²) in [4.78, 5) is 4.35. The zero-order valence-corrected chi connectivity index (χ0v) is 11.4. The third-order valence-electron chi connectivity index (χ3n) is 3.31. The summed E-state index contributed by atoms with van der Waals surface area (Å²) in [6, 6.07) is 8.83. The molecule has 0 saturated carbocycles. The normalized spacial score (nSPS) is 11.2. The van der Waals surface area contributed by atoms with Crippen LogP contribution in [0.5, 0.6) is 0 Å². The van der Waals surface area contributed by atoms with E-state index in [2.05, 4.69) is 4.98 Å². The van der Waals surface area contributed by atoms with E-state index in [1.165, 1.54) is 6.07 Å². The highest BCUT2D eigenvalue weighted by Crippen LogP contribution is 2.23. The molecule has 0 radical (unpaired) electrons. The first kappa shape index (κ1) is 13.1. The first-order valence-electron chi connectivity index (χ1n) is 6.26. The van der Waals surface area contributed by atoms with Gasteiger partial charge in [-0.2, -0.15) is 0 Å². The number of pyridine rings is 1. The molecular weight excluding hydrogens is 277 g/mol. The Kier molecular flexibility index (Phi) is 3.42. The van der Waals surface area contributed by atoms with Gasteiger partial charge >= 0.3 is 0 Å². The topological polar surface area (TPSA) is 43.8 Å². The second-order valence-electron chi connectivity index (χ2n) is 4.57. The predicted octanol–water partition coefficient (Wildman–Crippen LogP) is 3.34. The maximum Gasteiger partial charge on any atom is 0.146 e. The van der Waals surface area contributed by atoms with Crippen LogP contribution in [-0.4, -0.2) is 9.55 Å². The van der Waals surface area contributed by atoms with Crippen molar-refractivity contribution >= 4 is 22.6 Å². The van der Waals surface area contributed by atoms with E-state index >= 15 is 0 Å². The highest BCUT2D eigenvalue weighted by Gasteiger charge is 2.11. The molecule has 0 aliphatic rings. The molecule has 0 unspecified atom stereocenters. The molecule has 0 amide bonds. The third-order valence-corrected chi connectivity index (χ3v) is 3.60. The summed E-state index contributed by atoms with van der Waals surface area (Å²) in [5.41, 5.74) is 8.07. The number of aromatic nitrogens is 2. The summed E-state index contributed by atoms with van der Waals surface area (Å²) in [6.45, 7) is 0.799. The van der Waals surface area contributed by atoms with Crippen molar-refractivity contribution in [3.63, 3.8) is 0 Å². The van der Waals surface area contributed by atoms with Crippen molar-refractivity contribution in [1.29, 1.82) is 0 Å². The van der Waals surface area contributed by atoms with Gasteiger partial charge < -0.3 is 10.3 Å².